The minimum atomic E-state index is 0.0694. The van der Waals surface area contributed by atoms with Crippen LogP contribution in [0.5, 0.6) is 0 Å². The molecule has 20 heavy (non-hydrogen) atoms. The average Bonchev–Trinajstić information content (AvgIpc) is 2.90. The Kier molecular flexibility index (Phi) is 3.09. The number of hydrogen-bond donors (Lipinski definition) is 1. The van der Waals surface area contributed by atoms with Crippen LogP contribution in [0.2, 0.25) is 0 Å². The predicted molar refractivity (Wildman–Crippen MR) is 77.8 cm³/mol. The van der Waals surface area contributed by atoms with Crippen LogP contribution in [-0.4, -0.2) is 14.8 Å². The highest BCUT2D eigenvalue weighted by Gasteiger charge is 2.48. The highest BCUT2D eigenvalue weighted by molar-refractivity contribution is 5.01. The van der Waals surface area contributed by atoms with E-state index >= 15 is 0 Å². The van der Waals surface area contributed by atoms with Gasteiger partial charge in [0.25, 0.3) is 0 Å². The smallest absolute Gasteiger partial charge is 0.149 e. The molecule has 4 nitrogen and oxygen atoms in total. The lowest BCUT2D eigenvalue weighted by Crippen LogP contribution is -2.46. The van der Waals surface area contributed by atoms with Gasteiger partial charge in [0.1, 0.15) is 12.2 Å². The van der Waals surface area contributed by atoms with Crippen LogP contribution in [0.25, 0.3) is 0 Å². The van der Waals surface area contributed by atoms with Gasteiger partial charge in [0, 0.05) is 6.54 Å². The number of nitrogens with zero attached hydrogens (tertiary/aromatic N) is 3. The first-order valence-electron chi connectivity index (χ1n) is 8.37. The van der Waals surface area contributed by atoms with E-state index in [1.807, 2.05) is 6.33 Å². The minimum absolute atomic E-state index is 0.0694. The van der Waals surface area contributed by atoms with E-state index in [0.29, 0.717) is 0 Å². The first kappa shape index (κ1) is 12.8. The van der Waals surface area contributed by atoms with Crippen molar-refractivity contribution < 1.29 is 0 Å². The monoisotopic (exact) mass is 274 g/mol. The second-order valence-electron chi connectivity index (χ2n) is 7.41. The zero-order valence-corrected chi connectivity index (χ0v) is 12.4. The molecule has 0 aliphatic heterocycles. The molecule has 4 saturated carbocycles. The Balaban J connectivity index is 1.49. The van der Waals surface area contributed by atoms with E-state index in [2.05, 4.69) is 21.7 Å². The summed E-state index contributed by atoms with van der Waals surface area (Å²) in [6, 6.07) is 0.0694. The number of rotatable bonds is 4. The molecule has 1 aromatic heterocycles. The maximum absolute atomic E-state index is 6.47. The van der Waals surface area contributed by atoms with Crippen molar-refractivity contribution in [3.63, 3.8) is 0 Å². The fraction of sp³-hybridized carbons (Fsp3) is 0.875. The summed E-state index contributed by atoms with van der Waals surface area (Å²) in [5, 5.41) is 8.29. The number of nitrogens with two attached hydrogens (primary N) is 1. The van der Waals surface area contributed by atoms with Gasteiger partial charge in [0.05, 0.1) is 6.04 Å². The molecule has 0 saturated heterocycles. The van der Waals surface area contributed by atoms with Crippen LogP contribution in [0.3, 0.4) is 0 Å². The van der Waals surface area contributed by atoms with Crippen LogP contribution >= 0.6 is 0 Å². The average molecular weight is 274 g/mol. The van der Waals surface area contributed by atoms with Crippen molar-refractivity contribution >= 4 is 0 Å². The van der Waals surface area contributed by atoms with Crippen LogP contribution < -0.4 is 5.73 Å². The Morgan fingerprint density at radius 3 is 2.45 bits per heavy atom. The van der Waals surface area contributed by atoms with Crippen molar-refractivity contribution in [2.24, 2.45) is 35.3 Å². The van der Waals surface area contributed by atoms with Crippen LogP contribution in [0.1, 0.15) is 57.3 Å². The molecule has 4 fully saturated rings. The van der Waals surface area contributed by atoms with E-state index < -0.39 is 0 Å². The Labute approximate surface area is 121 Å². The van der Waals surface area contributed by atoms with E-state index in [9.17, 15) is 0 Å². The lowest BCUT2D eigenvalue weighted by Gasteiger charge is -2.55. The predicted octanol–water partition coefficient (Wildman–Crippen LogP) is 2.76. The molecule has 4 heteroatoms. The summed E-state index contributed by atoms with van der Waals surface area (Å²) in [5.74, 6) is 5.83. The molecule has 1 heterocycles. The van der Waals surface area contributed by atoms with Crippen molar-refractivity contribution in [2.75, 3.05) is 0 Å². The fourth-order valence-electron chi connectivity index (χ4n) is 5.62. The molecule has 0 aromatic carbocycles. The highest BCUT2D eigenvalue weighted by atomic mass is 15.3. The lowest BCUT2D eigenvalue weighted by molar-refractivity contribution is -0.0424. The molecule has 4 aliphatic carbocycles. The van der Waals surface area contributed by atoms with Crippen molar-refractivity contribution in [3.05, 3.63) is 12.2 Å². The molecule has 1 unspecified atom stereocenters. The third-order valence-electron chi connectivity index (χ3n) is 6.27. The molecule has 110 valence electrons. The summed E-state index contributed by atoms with van der Waals surface area (Å²) in [5.41, 5.74) is 6.47. The van der Waals surface area contributed by atoms with Gasteiger partial charge < -0.3 is 10.3 Å². The molecule has 1 atom stereocenters. The Morgan fingerprint density at radius 1 is 1.20 bits per heavy atom. The van der Waals surface area contributed by atoms with E-state index in [0.717, 1.165) is 48.4 Å². The maximum Gasteiger partial charge on any atom is 0.149 e. The number of aromatic nitrogens is 3. The summed E-state index contributed by atoms with van der Waals surface area (Å²) in [7, 11) is 0. The van der Waals surface area contributed by atoms with E-state index in [4.69, 9.17) is 5.73 Å². The maximum atomic E-state index is 6.47. The van der Waals surface area contributed by atoms with Crippen molar-refractivity contribution in [3.8, 4) is 0 Å². The normalized spacial score (nSPS) is 40.2. The minimum Gasteiger partial charge on any atom is -0.321 e. The third kappa shape index (κ3) is 2.00. The SMILES string of the molecule is CCn1cnnc1C(N)CC1C2CC3CC(C2)CC1C3. The molecule has 4 bridgehead atoms. The molecule has 0 radical (unpaired) electrons. The van der Waals surface area contributed by atoms with Crippen molar-refractivity contribution in [1.29, 1.82) is 0 Å². The summed E-state index contributed by atoms with van der Waals surface area (Å²) in [4.78, 5) is 0. The Bertz CT molecular complexity index is 453. The standard InChI is InChI=1S/C16H26N4/c1-2-20-9-18-19-16(20)15(17)8-14-12-4-10-3-11(6-12)7-13(14)5-10/h9-15H,2-8,17H2,1H3. The van der Waals surface area contributed by atoms with E-state index in [1.54, 1.807) is 0 Å². The molecule has 1 aromatic rings. The van der Waals surface area contributed by atoms with Crippen LogP contribution in [0.15, 0.2) is 6.33 Å². The fourth-order valence-corrected chi connectivity index (χ4v) is 5.62. The highest BCUT2D eigenvalue weighted by Crippen LogP contribution is 2.58. The van der Waals surface area contributed by atoms with Gasteiger partial charge in [0.15, 0.2) is 0 Å². The van der Waals surface area contributed by atoms with Gasteiger partial charge in [-0.15, -0.1) is 10.2 Å². The molecule has 0 amide bonds. The van der Waals surface area contributed by atoms with Gasteiger partial charge in [-0.05, 0) is 75.0 Å². The van der Waals surface area contributed by atoms with Gasteiger partial charge in [0.2, 0.25) is 0 Å². The van der Waals surface area contributed by atoms with Crippen molar-refractivity contribution in [2.45, 2.75) is 58.0 Å². The molecule has 4 aliphatic rings. The van der Waals surface area contributed by atoms with Crippen LogP contribution in [-0.2, 0) is 6.54 Å². The molecule has 2 N–H and O–H groups in total. The number of hydrogen-bond acceptors (Lipinski definition) is 3. The largest absolute Gasteiger partial charge is 0.321 e. The third-order valence-corrected chi connectivity index (χ3v) is 6.27. The lowest BCUT2D eigenvalue weighted by atomic mass is 9.51. The number of aryl methyl sites for hydroxylation is 1. The molecular formula is C16H26N4. The summed E-state index contributed by atoms with van der Waals surface area (Å²) in [6.07, 6.45) is 10.4. The van der Waals surface area contributed by atoms with E-state index in [-0.39, 0.29) is 6.04 Å². The summed E-state index contributed by atoms with van der Waals surface area (Å²) >= 11 is 0. The van der Waals surface area contributed by atoms with Crippen LogP contribution in [0.4, 0.5) is 0 Å². The summed E-state index contributed by atoms with van der Waals surface area (Å²) < 4.78 is 2.10. The Morgan fingerprint density at radius 2 is 1.85 bits per heavy atom. The molecule has 5 rings (SSSR count). The quantitative estimate of drug-likeness (QED) is 0.918. The van der Waals surface area contributed by atoms with Crippen molar-refractivity contribution in [1.82, 2.24) is 14.8 Å². The first-order chi connectivity index (χ1) is 9.74. The second-order valence-corrected chi connectivity index (χ2v) is 7.41. The van der Waals surface area contributed by atoms with Gasteiger partial charge in [-0.2, -0.15) is 0 Å². The zero-order valence-electron chi connectivity index (χ0n) is 12.4. The molecule has 0 spiro atoms. The topological polar surface area (TPSA) is 56.7 Å². The van der Waals surface area contributed by atoms with Gasteiger partial charge >= 0.3 is 0 Å². The summed E-state index contributed by atoms with van der Waals surface area (Å²) in [6.45, 7) is 3.04. The molecular weight excluding hydrogens is 248 g/mol. The van der Waals surface area contributed by atoms with E-state index in [1.165, 1.54) is 32.1 Å². The second kappa shape index (κ2) is 4.83. The van der Waals surface area contributed by atoms with Gasteiger partial charge in [-0.1, -0.05) is 0 Å². The van der Waals surface area contributed by atoms with Gasteiger partial charge in [-0.3, -0.25) is 0 Å². The van der Waals surface area contributed by atoms with Crippen LogP contribution in [0, 0.1) is 29.6 Å². The van der Waals surface area contributed by atoms with Gasteiger partial charge in [-0.25, -0.2) is 0 Å². The first-order valence-corrected chi connectivity index (χ1v) is 8.37. The Hall–Kier alpha value is -0.900. The zero-order chi connectivity index (χ0) is 13.7.